The van der Waals surface area contributed by atoms with E-state index in [0.29, 0.717) is 0 Å². The number of carbonyl (C=O) groups is 1. The average molecular weight is 183 g/mol. The highest BCUT2D eigenvalue weighted by atomic mass is 79.9. The van der Waals surface area contributed by atoms with Crippen molar-refractivity contribution in [2.24, 2.45) is 5.41 Å². The van der Waals surface area contributed by atoms with Gasteiger partial charge < -0.3 is 5.11 Å². The van der Waals surface area contributed by atoms with E-state index >= 15 is 0 Å². The summed E-state index contributed by atoms with van der Waals surface area (Å²) in [6.45, 7) is 4.99. The molecular weight excluding hydrogens is 172 g/mol. The van der Waals surface area contributed by atoms with Crippen molar-refractivity contribution in [3.05, 3.63) is 0 Å². The summed E-state index contributed by atoms with van der Waals surface area (Å²) in [7, 11) is 0. The summed E-state index contributed by atoms with van der Waals surface area (Å²) in [6.07, 6.45) is 0. The lowest BCUT2D eigenvalue weighted by molar-refractivity contribution is -0.145. The molecule has 0 spiro atoms. The number of carboxylic acids is 1. The SMILES string of the molecule is Br.CC(C)(C)C(=O)O. The second-order valence-corrected chi connectivity index (χ2v) is 2.56. The lowest BCUT2D eigenvalue weighted by Gasteiger charge is -2.08. The van der Waals surface area contributed by atoms with Crippen LogP contribution in [0.5, 0.6) is 0 Å². The van der Waals surface area contributed by atoms with E-state index in [1.165, 1.54) is 0 Å². The minimum atomic E-state index is -0.757. The van der Waals surface area contributed by atoms with Crippen LogP contribution in [0.1, 0.15) is 20.8 Å². The fourth-order valence-corrected chi connectivity index (χ4v) is 0. The van der Waals surface area contributed by atoms with Crippen LogP contribution in [-0.4, -0.2) is 11.1 Å². The summed E-state index contributed by atoms with van der Waals surface area (Å²) in [6, 6.07) is 0. The van der Waals surface area contributed by atoms with E-state index in [0.717, 1.165) is 0 Å². The maximum Gasteiger partial charge on any atom is 0.308 e. The first-order valence-electron chi connectivity index (χ1n) is 2.18. The Labute approximate surface area is 59.7 Å². The Hall–Kier alpha value is -0.0500. The molecule has 3 heteroatoms. The molecule has 0 atom stereocenters. The Morgan fingerprint density at radius 1 is 1.38 bits per heavy atom. The van der Waals surface area contributed by atoms with Gasteiger partial charge in [0, 0.05) is 0 Å². The molecule has 0 unspecified atom stereocenters. The van der Waals surface area contributed by atoms with Crippen molar-refractivity contribution in [3.8, 4) is 0 Å². The van der Waals surface area contributed by atoms with Gasteiger partial charge in [-0.3, -0.25) is 4.79 Å². The molecule has 0 aliphatic carbocycles. The quantitative estimate of drug-likeness (QED) is 0.620. The molecule has 0 rings (SSSR count). The Morgan fingerprint density at radius 3 is 1.50 bits per heavy atom. The predicted octanol–water partition coefficient (Wildman–Crippen LogP) is 1.69. The van der Waals surface area contributed by atoms with Crippen LogP contribution >= 0.6 is 17.0 Å². The maximum absolute atomic E-state index is 10.0. The summed E-state index contributed by atoms with van der Waals surface area (Å²) >= 11 is 0. The molecule has 50 valence electrons. The monoisotopic (exact) mass is 182 g/mol. The molecule has 0 amide bonds. The van der Waals surface area contributed by atoms with Crippen molar-refractivity contribution < 1.29 is 9.90 Å². The number of carboxylic acid groups (broad SMARTS) is 1. The fraction of sp³-hybridized carbons (Fsp3) is 0.800. The molecule has 0 aliphatic rings. The molecule has 0 fully saturated rings. The van der Waals surface area contributed by atoms with Gasteiger partial charge in [-0.1, -0.05) is 0 Å². The maximum atomic E-state index is 10.0. The molecule has 0 saturated heterocycles. The zero-order chi connectivity index (χ0) is 6.08. The molecule has 0 aromatic heterocycles. The third-order valence-electron chi connectivity index (χ3n) is 0.642. The van der Waals surface area contributed by atoms with Crippen molar-refractivity contribution in [2.45, 2.75) is 20.8 Å². The highest BCUT2D eigenvalue weighted by Crippen LogP contribution is 2.11. The Kier molecular flexibility index (Phi) is 4.16. The number of aliphatic carboxylic acids is 1. The van der Waals surface area contributed by atoms with Gasteiger partial charge in [0.25, 0.3) is 0 Å². The first-order chi connectivity index (χ1) is 2.94. The third-order valence-corrected chi connectivity index (χ3v) is 0.642. The zero-order valence-corrected chi connectivity index (χ0v) is 6.98. The topological polar surface area (TPSA) is 37.3 Å². The van der Waals surface area contributed by atoms with E-state index in [9.17, 15) is 4.79 Å². The largest absolute Gasteiger partial charge is 0.481 e. The molecule has 0 radical (unpaired) electrons. The van der Waals surface area contributed by atoms with Gasteiger partial charge in [-0.25, -0.2) is 0 Å². The number of halogens is 1. The molecule has 0 aliphatic heterocycles. The van der Waals surface area contributed by atoms with E-state index < -0.39 is 11.4 Å². The molecule has 0 saturated carbocycles. The number of hydrogen-bond acceptors (Lipinski definition) is 1. The lowest BCUT2D eigenvalue weighted by atomic mass is 9.98. The second kappa shape index (κ2) is 3.07. The van der Waals surface area contributed by atoms with Crippen LogP contribution in [0.3, 0.4) is 0 Å². The summed E-state index contributed by atoms with van der Waals surface area (Å²) in [5.74, 6) is -0.757. The van der Waals surface area contributed by atoms with E-state index in [-0.39, 0.29) is 17.0 Å². The first-order valence-corrected chi connectivity index (χ1v) is 2.18. The highest BCUT2D eigenvalue weighted by molar-refractivity contribution is 8.93. The number of hydrogen-bond donors (Lipinski definition) is 1. The molecule has 8 heavy (non-hydrogen) atoms. The standard InChI is InChI=1S/C5H10O2.BrH/c1-5(2,3)4(6)7;/h1-3H3,(H,6,7);1H. The van der Waals surface area contributed by atoms with Crippen LogP contribution in [0.4, 0.5) is 0 Å². The molecule has 2 nitrogen and oxygen atoms in total. The molecular formula is C5H11BrO2. The molecule has 0 bridgehead atoms. The van der Waals surface area contributed by atoms with Crippen molar-refractivity contribution in [1.82, 2.24) is 0 Å². The zero-order valence-electron chi connectivity index (χ0n) is 5.26. The smallest absolute Gasteiger partial charge is 0.308 e. The fourth-order valence-electron chi connectivity index (χ4n) is 0. The third kappa shape index (κ3) is 4.12. The summed E-state index contributed by atoms with van der Waals surface area (Å²) in [5.41, 5.74) is -0.583. The van der Waals surface area contributed by atoms with Crippen molar-refractivity contribution in [2.75, 3.05) is 0 Å². The second-order valence-electron chi connectivity index (χ2n) is 2.56. The molecule has 0 aromatic rings. The Bertz CT molecular complexity index is 82.9. The van der Waals surface area contributed by atoms with Gasteiger partial charge >= 0.3 is 5.97 Å². The molecule has 0 heterocycles. The van der Waals surface area contributed by atoms with Crippen LogP contribution in [0.25, 0.3) is 0 Å². The number of rotatable bonds is 0. The van der Waals surface area contributed by atoms with E-state index in [1.54, 1.807) is 20.8 Å². The van der Waals surface area contributed by atoms with Gasteiger partial charge in [-0.2, -0.15) is 0 Å². The van der Waals surface area contributed by atoms with Gasteiger partial charge in [0.2, 0.25) is 0 Å². The molecule has 1 N–H and O–H groups in total. The van der Waals surface area contributed by atoms with Crippen molar-refractivity contribution >= 4 is 23.0 Å². The van der Waals surface area contributed by atoms with Crippen LogP contribution in [-0.2, 0) is 4.79 Å². The molecule has 0 aromatic carbocycles. The summed E-state index contributed by atoms with van der Waals surface area (Å²) < 4.78 is 0. The van der Waals surface area contributed by atoms with E-state index in [2.05, 4.69) is 0 Å². The summed E-state index contributed by atoms with van der Waals surface area (Å²) in [4.78, 5) is 10.0. The minimum Gasteiger partial charge on any atom is -0.481 e. The minimum absolute atomic E-state index is 0. The lowest BCUT2D eigenvalue weighted by Crippen LogP contribution is -2.18. The van der Waals surface area contributed by atoms with E-state index in [4.69, 9.17) is 5.11 Å². The average Bonchev–Trinajstić information content (AvgIpc) is 1.31. The summed E-state index contributed by atoms with van der Waals surface area (Å²) in [5, 5.41) is 8.25. The Morgan fingerprint density at radius 2 is 1.50 bits per heavy atom. The van der Waals surface area contributed by atoms with Gasteiger partial charge in [0.1, 0.15) is 0 Å². The van der Waals surface area contributed by atoms with Crippen LogP contribution in [0.2, 0.25) is 0 Å². The Balaban J connectivity index is 0. The van der Waals surface area contributed by atoms with Crippen LogP contribution < -0.4 is 0 Å². The van der Waals surface area contributed by atoms with Crippen molar-refractivity contribution in [1.29, 1.82) is 0 Å². The highest BCUT2D eigenvalue weighted by Gasteiger charge is 2.18. The van der Waals surface area contributed by atoms with Crippen LogP contribution in [0.15, 0.2) is 0 Å². The van der Waals surface area contributed by atoms with Gasteiger partial charge in [0.05, 0.1) is 5.41 Å². The normalized spacial score (nSPS) is 9.88. The predicted molar refractivity (Wildman–Crippen MR) is 37.4 cm³/mol. The first kappa shape index (κ1) is 10.8. The van der Waals surface area contributed by atoms with Gasteiger partial charge in [-0.05, 0) is 20.8 Å². The van der Waals surface area contributed by atoms with Gasteiger partial charge in [0.15, 0.2) is 0 Å². The van der Waals surface area contributed by atoms with Crippen molar-refractivity contribution in [3.63, 3.8) is 0 Å². The van der Waals surface area contributed by atoms with E-state index in [1.807, 2.05) is 0 Å². The van der Waals surface area contributed by atoms with Gasteiger partial charge in [-0.15, -0.1) is 17.0 Å². The van der Waals surface area contributed by atoms with Crippen LogP contribution in [0, 0.1) is 5.41 Å².